The summed E-state index contributed by atoms with van der Waals surface area (Å²) in [5.74, 6) is 0. The van der Waals surface area contributed by atoms with Crippen molar-refractivity contribution < 1.29 is 0 Å². The van der Waals surface area contributed by atoms with Gasteiger partial charge in [-0.25, -0.2) is 0 Å². The summed E-state index contributed by atoms with van der Waals surface area (Å²) in [5, 5.41) is 0.958. The minimum absolute atomic E-state index is 0.390. The Balaban J connectivity index is 1.83. The highest BCUT2D eigenvalue weighted by molar-refractivity contribution is 7.99. The van der Waals surface area contributed by atoms with Gasteiger partial charge in [0.2, 0.25) is 0 Å². The molecular weight excluding hydrogens is 202 g/mol. The van der Waals surface area contributed by atoms with Crippen LogP contribution in [0.4, 0.5) is 0 Å². The van der Waals surface area contributed by atoms with Crippen molar-refractivity contribution in [3.05, 3.63) is 0 Å². The maximum absolute atomic E-state index is 2.65. The lowest BCUT2D eigenvalue weighted by Gasteiger charge is -2.58. The highest BCUT2D eigenvalue weighted by atomic mass is 32.2. The number of likely N-dealkylation sites (tertiary alicyclic amines) is 1. The van der Waals surface area contributed by atoms with Crippen molar-refractivity contribution in [2.24, 2.45) is 5.41 Å². The Hall–Kier alpha value is 0.310. The van der Waals surface area contributed by atoms with E-state index in [1.54, 1.807) is 0 Å². The summed E-state index contributed by atoms with van der Waals surface area (Å²) in [6, 6.07) is 0. The van der Waals surface area contributed by atoms with Crippen LogP contribution in [0.1, 0.15) is 46.5 Å². The molecule has 2 fully saturated rings. The van der Waals surface area contributed by atoms with Crippen LogP contribution in [0.5, 0.6) is 0 Å². The molecule has 0 amide bonds. The minimum atomic E-state index is 0.390. The smallest absolute Gasteiger partial charge is 0.0125 e. The second-order valence-electron chi connectivity index (χ2n) is 6.46. The van der Waals surface area contributed by atoms with E-state index in [4.69, 9.17) is 0 Å². The molecule has 0 aromatic rings. The van der Waals surface area contributed by atoms with E-state index in [1.807, 2.05) is 0 Å². The van der Waals surface area contributed by atoms with Crippen LogP contribution >= 0.6 is 11.8 Å². The summed E-state index contributed by atoms with van der Waals surface area (Å²) in [6.45, 7) is 9.74. The first-order valence-corrected chi connectivity index (χ1v) is 7.52. The zero-order chi connectivity index (χ0) is 11.1. The molecule has 2 rings (SSSR count). The first-order chi connectivity index (χ1) is 6.95. The van der Waals surface area contributed by atoms with Crippen LogP contribution < -0.4 is 0 Å². The molecular formula is C13H25NS. The van der Waals surface area contributed by atoms with Gasteiger partial charge in [-0.1, -0.05) is 0 Å². The summed E-state index contributed by atoms with van der Waals surface area (Å²) in [5.41, 5.74) is 1.11. The number of hydrogen-bond donors (Lipinski definition) is 0. The number of rotatable bonds is 1. The van der Waals surface area contributed by atoms with Crippen molar-refractivity contribution in [2.75, 3.05) is 19.3 Å². The van der Waals surface area contributed by atoms with E-state index in [1.165, 1.54) is 38.8 Å². The summed E-state index contributed by atoms with van der Waals surface area (Å²) < 4.78 is 0. The van der Waals surface area contributed by atoms with Crippen LogP contribution in [0.2, 0.25) is 0 Å². The van der Waals surface area contributed by atoms with Gasteiger partial charge in [0.15, 0.2) is 0 Å². The lowest BCUT2D eigenvalue weighted by molar-refractivity contribution is -0.0776. The fourth-order valence-corrected chi connectivity index (χ4v) is 3.70. The van der Waals surface area contributed by atoms with Crippen molar-refractivity contribution >= 4 is 11.8 Å². The van der Waals surface area contributed by atoms with Crippen molar-refractivity contribution in [1.82, 2.24) is 4.90 Å². The molecule has 1 aliphatic heterocycles. The molecule has 2 aliphatic rings. The maximum Gasteiger partial charge on any atom is 0.0125 e. The maximum atomic E-state index is 2.65. The van der Waals surface area contributed by atoms with Crippen LogP contribution in [0, 0.1) is 5.41 Å². The molecule has 0 N–H and O–H groups in total. The Bertz CT molecular complexity index is 215. The second kappa shape index (κ2) is 3.96. The summed E-state index contributed by atoms with van der Waals surface area (Å²) in [7, 11) is 0. The van der Waals surface area contributed by atoms with Crippen molar-refractivity contribution in [3.8, 4) is 0 Å². The van der Waals surface area contributed by atoms with Gasteiger partial charge in [-0.05, 0) is 58.1 Å². The molecule has 1 saturated carbocycles. The predicted octanol–water partition coefficient (Wildman–Crippen LogP) is 3.39. The fourth-order valence-electron chi connectivity index (χ4n) is 2.99. The molecule has 0 aromatic carbocycles. The van der Waals surface area contributed by atoms with Crippen molar-refractivity contribution in [3.63, 3.8) is 0 Å². The topological polar surface area (TPSA) is 3.24 Å². The van der Waals surface area contributed by atoms with E-state index in [0.717, 1.165) is 10.7 Å². The van der Waals surface area contributed by atoms with Crippen molar-refractivity contribution in [2.45, 2.75) is 57.2 Å². The fraction of sp³-hybridized carbons (Fsp3) is 1.00. The highest BCUT2D eigenvalue weighted by Crippen LogP contribution is 2.47. The van der Waals surface area contributed by atoms with Crippen LogP contribution in [0.3, 0.4) is 0 Å². The lowest BCUT2D eigenvalue weighted by atomic mass is 9.67. The lowest BCUT2D eigenvalue weighted by Crippen LogP contribution is -2.63. The van der Waals surface area contributed by atoms with E-state index >= 15 is 0 Å². The number of thioether (sulfide) groups is 1. The second-order valence-corrected chi connectivity index (χ2v) is 7.60. The van der Waals surface area contributed by atoms with Gasteiger partial charge in [-0.3, -0.25) is 4.90 Å². The Morgan fingerprint density at radius 3 is 2.07 bits per heavy atom. The third-order valence-electron chi connectivity index (χ3n) is 4.33. The van der Waals surface area contributed by atoms with Gasteiger partial charge in [0.25, 0.3) is 0 Å². The molecule has 88 valence electrons. The molecule has 1 saturated heterocycles. The minimum Gasteiger partial charge on any atom is -0.297 e. The van der Waals surface area contributed by atoms with E-state index in [-0.39, 0.29) is 0 Å². The van der Waals surface area contributed by atoms with Gasteiger partial charge in [-0.15, -0.1) is 0 Å². The van der Waals surface area contributed by atoms with E-state index in [2.05, 4.69) is 43.7 Å². The van der Waals surface area contributed by atoms with E-state index in [0.29, 0.717) is 5.54 Å². The molecule has 0 bridgehead atoms. The Morgan fingerprint density at radius 1 is 1.13 bits per heavy atom. The van der Waals surface area contributed by atoms with Gasteiger partial charge < -0.3 is 0 Å². The molecule has 1 nitrogen and oxygen atoms in total. The van der Waals surface area contributed by atoms with Gasteiger partial charge in [0.05, 0.1) is 0 Å². The van der Waals surface area contributed by atoms with Gasteiger partial charge in [0, 0.05) is 23.9 Å². The Labute approximate surface area is 99.0 Å². The number of nitrogens with zero attached hydrogens (tertiary/aromatic N) is 1. The summed E-state index contributed by atoms with van der Waals surface area (Å²) in [6.07, 6.45) is 8.14. The molecule has 1 heterocycles. The van der Waals surface area contributed by atoms with Crippen LogP contribution in [0.15, 0.2) is 0 Å². The summed E-state index contributed by atoms with van der Waals surface area (Å²) >= 11 is 2.07. The quantitative estimate of drug-likeness (QED) is 0.675. The average molecular weight is 227 g/mol. The Morgan fingerprint density at radius 2 is 1.67 bits per heavy atom. The molecule has 0 radical (unpaired) electrons. The van der Waals surface area contributed by atoms with E-state index < -0.39 is 0 Å². The highest BCUT2D eigenvalue weighted by Gasteiger charge is 2.47. The SMILES string of the molecule is CSC1CCC2(CC1)CN(C(C)(C)C)C2. The first kappa shape index (κ1) is 11.8. The van der Waals surface area contributed by atoms with Crippen molar-refractivity contribution in [1.29, 1.82) is 0 Å². The normalized spacial score (nSPS) is 28.0. The monoisotopic (exact) mass is 227 g/mol. The van der Waals surface area contributed by atoms with Gasteiger partial charge >= 0.3 is 0 Å². The Kier molecular flexibility index (Phi) is 3.11. The van der Waals surface area contributed by atoms with E-state index in [9.17, 15) is 0 Å². The van der Waals surface area contributed by atoms with Gasteiger partial charge in [-0.2, -0.15) is 11.8 Å². The molecule has 2 heteroatoms. The standard InChI is InChI=1S/C13H25NS/c1-12(2,3)14-9-13(10-14)7-5-11(15-4)6-8-13/h11H,5-10H2,1-4H3. The molecule has 0 atom stereocenters. The van der Waals surface area contributed by atoms with Crippen LogP contribution in [-0.2, 0) is 0 Å². The van der Waals surface area contributed by atoms with Gasteiger partial charge in [0.1, 0.15) is 0 Å². The third kappa shape index (κ3) is 2.36. The molecule has 15 heavy (non-hydrogen) atoms. The molecule has 0 unspecified atom stereocenters. The average Bonchev–Trinajstić information content (AvgIpc) is 2.13. The molecule has 1 aliphatic carbocycles. The van der Waals surface area contributed by atoms with Crippen LogP contribution in [0.25, 0.3) is 0 Å². The first-order valence-electron chi connectivity index (χ1n) is 6.23. The number of hydrogen-bond acceptors (Lipinski definition) is 2. The summed E-state index contributed by atoms with van der Waals surface area (Å²) in [4.78, 5) is 2.65. The van der Waals surface area contributed by atoms with Crippen LogP contribution in [-0.4, -0.2) is 35.0 Å². The molecule has 0 aromatic heterocycles. The largest absolute Gasteiger partial charge is 0.297 e. The zero-order valence-electron chi connectivity index (χ0n) is 10.7. The molecule has 1 spiro atoms. The zero-order valence-corrected chi connectivity index (χ0v) is 11.5. The third-order valence-corrected chi connectivity index (χ3v) is 5.47. The predicted molar refractivity (Wildman–Crippen MR) is 69.5 cm³/mol.